The predicted octanol–water partition coefficient (Wildman–Crippen LogP) is 2.72. The number of hydrogen-bond acceptors (Lipinski definition) is 3. The lowest BCUT2D eigenvalue weighted by molar-refractivity contribution is -0.121. The van der Waals surface area contributed by atoms with Crippen molar-refractivity contribution < 1.29 is 9.00 Å². The summed E-state index contributed by atoms with van der Waals surface area (Å²) in [6.07, 6.45) is 1.70. The zero-order chi connectivity index (χ0) is 15.3. The molecule has 0 heterocycles. The molecule has 0 aliphatic rings. The van der Waals surface area contributed by atoms with E-state index in [-0.39, 0.29) is 11.9 Å². The van der Waals surface area contributed by atoms with Crippen molar-refractivity contribution in [1.29, 1.82) is 0 Å². The van der Waals surface area contributed by atoms with Crippen LogP contribution in [0.4, 0.5) is 5.69 Å². The average Bonchev–Trinajstić information content (AvgIpc) is 2.42. The zero-order valence-corrected chi connectivity index (χ0v) is 13.6. The van der Waals surface area contributed by atoms with Crippen LogP contribution in [0.3, 0.4) is 0 Å². The third-order valence-corrected chi connectivity index (χ3v) is 5.11. The molecule has 3 N–H and O–H groups in total. The Bertz CT molecular complexity index is 504. The molecule has 0 bridgehead atoms. The Kier molecular flexibility index (Phi) is 6.49. The lowest BCUT2D eigenvalue weighted by atomic mass is 10.2. The highest BCUT2D eigenvalue weighted by atomic mass is 35.5. The second kappa shape index (κ2) is 7.64. The smallest absolute Gasteiger partial charge is 0.236 e. The van der Waals surface area contributed by atoms with Crippen LogP contribution in [0.1, 0.15) is 33.6 Å². The van der Waals surface area contributed by atoms with Gasteiger partial charge in [-0.1, -0.05) is 25.4 Å². The Morgan fingerprint density at radius 2 is 2.00 bits per heavy atom. The summed E-state index contributed by atoms with van der Waals surface area (Å²) >= 11 is 5.81. The molecule has 1 rings (SSSR count). The minimum Gasteiger partial charge on any atom is -0.398 e. The minimum absolute atomic E-state index is 0.115. The number of carbonyl (C=O) groups is 1. The van der Waals surface area contributed by atoms with Crippen LogP contribution in [0.2, 0.25) is 5.02 Å². The number of nitrogens with one attached hydrogen (secondary N) is 1. The fourth-order valence-corrected chi connectivity index (χ4v) is 3.12. The van der Waals surface area contributed by atoms with E-state index in [2.05, 4.69) is 5.32 Å². The second-order valence-electron chi connectivity index (χ2n) is 4.64. The van der Waals surface area contributed by atoms with Crippen molar-refractivity contribution >= 4 is 34.0 Å². The fraction of sp³-hybridized carbons (Fsp3) is 0.500. The largest absolute Gasteiger partial charge is 0.398 e. The van der Waals surface area contributed by atoms with E-state index in [9.17, 15) is 9.00 Å². The van der Waals surface area contributed by atoms with Crippen LogP contribution in [0.5, 0.6) is 0 Å². The molecule has 0 saturated heterocycles. The van der Waals surface area contributed by atoms with E-state index >= 15 is 0 Å². The van der Waals surface area contributed by atoms with E-state index < -0.39 is 16.0 Å². The zero-order valence-electron chi connectivity index (χ0n) is 12.0. The van der Waals surface area contributed by atoms with Crippen LogP contribution in [0.15, 0.2) is 23.1 Å². The molecule has 6 heteroatoms. The van der Waals surface area contributed by atoms with Crippen LogP contribution in [-0.4, -0.2) is 21.4 Å². The van der Waals surface area contributed by atoms with Gasteiger partial charge in [0, 0.05) is 16.8 Å². The molecule has 2 unspecified atom stereocenters. The maximum absolute atomic E-state index is 12.4. The molecule has 0 saturated carbocycles. The van der Waals surface area contributed by atoms with Gasteiger partial charge in [0.2, 0.25) is 5.91 Å². The maximum Gasteiger partial charge on any atom is 0.236 e. The van der Waals surface area contributed by atoms with Crippen LogP contribution in [0.25, 0.3) is 0 Å². The molecule has 0 aliphatic carbocycles. The third-order valence-electron chi connectivity index (χ3n) is 3.21. The van der Waals surface area contributed by atoms with Crippen molar-refractivity contribution in [3.8, 4) is 0 Å². The maximum atomic E-state index is 12.4. The van der Waals surface area contributed by atoms with E-state index in [1.165, 1.54) is 0 Å². The first-order valence-corrected chi connectivity index (χ1v) is 8.25. The summed E-state index contributed by atoms with van der Waals surface area (Å²) in [4.78, 5) is 12.5. The number of halogens is 1. The first kappa shape index (κ1) is 17.0. The molecule has 0 spiro atoms. The highest BCUT2D eigenvalue weighted by Crippen LogP contribution is 2.23. The van der Waals surface area contributed by atoms with Gasteiger partial charge in [0.1, 0.15) is 5.25 Å². The molecule has 1 amide bonds. The molecular formula is C14H21ClN2O2S. The summed E-state index contributed by atoms with van der Waals surface area (Å²) < 4.78 is 12.4. The average molecular weight is 317 g/mol. The SMILES string of the molecule is CCC(CC)NC(=O)C(C)S(=O)c1ccc(Cl)cc1N. The lowest BCUT2D eigenvalue weighted by Crippen LogP contribution is -2.41. The summed E-state index contributed by atoms with van der Waals surface area (Å²) in [6, 6.07) is 4.88. The molecule has 0 radical (unpaired) electrons. The van der Waals surface area contributed by atoms with E-state index in [0.717, 1.165) is 12.8 Å². The summed E-state index contributed by atoms with van der Waals surface area (Å²) in [5.41, 5.74) is 6.15. The van der Waals surface area contributed by atoms with Crippen molar-refractivity contribution in [2.45, 2.75) is 49.8 Å². The summed E-state index contributed by atoms with van der Waals surface area (Å²) in [5, 5.41) is 2.73. The van der Waals surface area contributed by atoms with Gasteiger partial charge in [-0.15, -0.1) is 0 Å². The topological polar surface area (TPSA) is 72.2 Å². The highest BCUT2D eigenvalue weighted by molar-refractivity contribution is 7.86. The van der Waals surface area contributed by atoms with E-state index in [1.807, 2.05) is 13.8 Å². The van der Waals surface area contributed by atoms with Crippen LogP contribution in [0, 0.1) is 0 Å². The number of nitrogen functional groups attached to an aromatic ring is 1. The van der Waals surface area contributed by atoms with Crippen molar-refractivity contribution in [2.24, 2.45) is 0 Å². The molecule has 1 aromatic carbocycles. The Hall–Kier alpha value is -1.07. The lowest BCUT2D eigenvalue weighted by Gasteiger charge is -2.18. The normalized spacial score (nSPS) is 14.1. The third kappa shape index (κ3) is 4.21. The van der Waals surface area contributed by atoms with Gasteiger partial charge >= 0.3 is 0 Å². The number of hydrogen-bond donors (Lipinski definition) is 2. The van der Waals surface area contributed by atoms with Crippen molar-refractivity contribution in [3.05, 3.63) is 23.2 Å². The Balaban J connectivity index is 2.83. The highest BCUT2D eigenvalue weighted by Gasteiger charge is 2.24. The summed E-state index contributed by atoms with van der Waals surface area (Å²) in [6.45, 7) is 5.66. The van der Waals surface area contributed by atoms with Crippen LogP contribution >= 0.6 is 11.6 Å². The van der Waals surface area contributed by atoms with Gasteiger partial charge in [-0.2, -0.15) is 0 Å². The fourth-order valence-electron chi connectivity index (χ4n) is 1.80. The van der Waals surface area contributed by atoms with Gasteiger partial charge in [-0.05, 0) is 38.0 Å². The summed E-state index contributed by atoms with van der Waals surface area (Å²) in [5.74, 6) is -0.216. The number of benzene rings is 1. The Labute approximate surface area is 127 Å². The number of amides is 1. The van der Waals surface area contributed by atoms with Gasteiger partial charge in [0.05, 0.1) is 15.7 Å². The predicted molar refractivity (Wildman–Crippen MR) is 84.2 cm³/mol. The van der Waals surface area contributed by atoms with Gasteiger partial charge in [-0.25, -0.2) is 0 Å². The molecule has 0 aliphatic heterocycles. The van der Waals surface area contributed by atoms with Crippen molar-refractivity contribution in [3.63, 3.8) is 0 Å². The van der Waals surface area contributed by atoms with Crippen LogP contribution in [-0.2, 0) is 15.6 Å². The molecule has 0 fully saturated rings. The minimum atomic E-state index is -1.49. The van der Waals surface area contributed by atoms with Gasteiger partial charge in [-0.3, -0.25) is 9.00 Å². The molecule has 4 nitrogen and oxygen atoms in total. The van der Waals surface area contributed by atoms with Gasteiger partial charge in [0.15, 0.2) is 0 Å². The van der Waals surface area contributed by atoms with Gasteiger partial charge < -0.3 is 11.1 Å². The molecular weight excluding hydrogens is 296 g/mol. The van der Waals surface area contributed by atoms with E-state index in [0.29, 0.717) is 15.6 Å². The Morgan fingerprint density at radius 3 is 2.50 bits per heavy atom. The second-order valence-corrected chi connectivity index (χ2v) is 6.82. The number of rotatable bonds is 6. The monoisotopic (exact) mass is 316 g/mol. The first-order valence-electron chi connectivity index (χ1n) is 6.66. The van der Waals surface area contributed by atoms with E-state index in [4.69, 9.17) is 17.3 Å². The van der Waals surface area contributed by atoms with Crippen molar-refractivity contribution in [2.75, 3.05) is 5.73 Å². The van der Waals surface area contributed by atoms with Crippen molar-refractivity contribution in [1.82, 2.24) is 5.32 Å². The molecule has 2 atom stereocenters. The molecule has 20 heavy (non-hydrogen) atoms. The first-order chi connectivity index (χ1) is 9.40. The quantitative estimate of drug-likeness (QED) is 0.793. The van der Waals surface area contributed by atoms with Crippen LogP contribution < -0.4 is 11.1 Å². The number of carbonyl (C=O) groups excluding carboxylic acids is 1. The summed E-state index contributed by atoms with van der Waals surface area (Å²) in [7, 11) is -1.49. The molecule has 0 aromatic heterocycles. The number of nitrogens with two attached hydrogens (primary N) is 1. The molecule has 112 valence electrons. The van der Waals surface area contributed by atoms with E-state index in [1.54, 1.807) is 25.1 Å². The number of anilines is 1. The molecule has 1 aromatic rings. The van der Waals surface area contributed by atoms with Gasteiger partial charge in [0.25, 0.3) is 0 Å². The standard InChI is InChI=1S/C14H21ClN2O2S/c1-4-11(5-2)17-14(18)9(3)20(19)13-7-6-10(15)8-12(13)16/h6-9,11H,4-5,16H2,1-3H3,(H,17,18). The Morgan fingerprint density at radius 1 is 1.40 bits per heavy atom.